The minimum absolute atomic E-state index is 0.519. The molecule has 0 aromatic rings. The van der Waals surface area contributed by atoms with E-state index in [-0.39, 0.29) is 0 Å². The van der Waals surface area contributed by atoms with Crippen LogP contribution < -0.4 is 0 Å². The highest BCUT2D eigenvalue weighted by molar-refractivity contribution is 9.12. The molecule has 1 rings (SSSR count). The van der Waals surface area contributed by atoms with Crippen LogP contribution in [0.2, 0.25) is 0 Å². The van der Waals surface area contributed by atoms with Gasteiger partial charge in [0.1, 0.15) is 10.1 Å². The predicted octanol–water partition coefficient (Wildman–Crippen LogP) is 3.89. The van der Waals surface area contributed by atoms with E-state index in [2.05, 4.69) is 31.9 Å². The molecule has 0 aliphatic carbocycles. The van der Waals surface area contributed by atoms with Crippen molar-refractivity contribution < 1.29 is 0 Å². The van der Waals surface area contributed by atoms with Gasteiger partial charge < -0.3 is 0 Å². The highest BCUT2D eigenvalue weighted by Crippen LogP contribution is 2.64. The van der Waals surface area contributed by atoms with Crippen molar-refractivity contribution in [2.75, 3.05) is 22.5 Å². The van der Waals surface area contributed by atoms with E-state index in [1.807, 2.05) is 0 Å². The molecule has 1 fully saturated rings. The molecular formula is C7H14Br2P+. The van der Waals surface area contributed by atoms with Crippen molar-refractivity contribution in [2.24, 2.45) is 0 Å². The van der Waals surface area contributed by atoms with Crippen LogP contribution in [0.4, 0.5) is 0 Å². The van der Waals surface area contributed by atoms with Gasteiger partial charge in [0.25, 0.3) is 0 Å². The summed E-state index contributed by atoms with van der Waals surface area (Å²) in [6, 6.07) is 0. The lowest BCUT2D eigenvalue weighted by Gasteiger charge is -2.26. The molecule has 1 aliphatic rings. The highest BCUT2D eigenvalue weighted by Gasteiger charge is 2.36. The summed E-state index contributed by atoms with van der Waals surface area (Å²) in [6.45, 7) is 0. The molecule has 0 nitrogen and oxygen atoms in total. The Bertz CT molecular complexity index is 93.8. The standard InChI is InChI=1S/C7H14Br2P/c8-6-10(7-9)4-2-1-3-5-10/h1-7H2/q+1. The van der Waals surface area contributed by atoms with Gasteiger partial charge in [0.15, 0.2) is 0 Å². The molecule has 0 bridgehead atoms. The lowest BCUT2D eigenvalue weighted by Crippen LogP contribution is -2.11. The van der Waals surface area contributed by atoms with Gasteiger partial charge in [0.05, 0.1) is 12.3 Å². The Kier molecular flexibility index (Phi) is 4.19. The first-order valence-electron chi connectivity index (χ1n) is 3.80. The van der Waals surface area contributed by atoms with Crippen molar-refractivity contribution in [3.05, 3.63) is 0 Å². The van der Waals surface area contributed by atoms with Crippen LogP contribution in [0.15, 0.2) is 0 Å². The molecule has 1 heterocycles. The summed E-state index contributed by atoms with van der Waals surface area (Å²) in [7, 11) is -0.519. The van der Waals surface area contributed by atoms with Crippen molar-refractivity contribution in [1.29, 1.82) is 0 Å². The van der Waals surface area contributed by atoms with E-state index >= 15 is 0 Å². The third-order valence-corrected chi connectivity index (χ3v) is 12.2. The average Bonchev–Trinajstić information content (AvgIpc) is 2.06. The van der Waals surface area contributed by atoms with Gasteiger partial charge in [-0.15, -0.1) is 0 Å². The number of hydrogen-bond donors (Lipinski definition) is 0. The maximum Gasteiger partial charge on any atom is 0.114 e. The highest BCUT2D eigenvalue weighted by atomic mass is 79.9. The molecule has 0 unspecified atom stereocenters. The summed E-state index contributed by atoms with van der Waals surface area (Å²) in [5, 5.41) is 2.57. The third kappa shape index (κ3) is 2.19. The summed E-state index contributed by atoms with van der Waals surface area (Å²) >= 11 is 7.30. The molecule has 0 amide bonds. The Morgan fingerprint density at radius 1 is 0.900 bits per heavy atom. The normalized spacial score (nSPS) is 24.6. The molecule has 0 N–H and O–H groups in total. The Labute approximate surface area is 80.7 Å². The van der Waals surface area contributed by atoms with Crippen molar-refractivity contribution >= 4 is 39.1 Å². The van der Waals surface area contributed by atoms with E-state index in [1.54, 1.807) is 0 Å². The number of alkyl halides is 2. The summed E-state index contributed by atoms with van der Waals surface area (Å²) in [6.07, 6.45) is 7.46. The maximum absolute atomic E-state index is 3.65. The van der Waals surface area contributed by atoms with Gasteiger partial charge in [-0.3, -0.25) is 0 Å². The zero-order chi connectivity index (χ0) is 7.45. The molecule has 0 radical (unpaired) electrons. The van der Waals surface area contributed by atoms with Crippen molar-refractivity contribution in [2.45, 2.75) is 19.3 Å². The summed E-state index contributed by atoms with van der Waals surface area (Å²) in [4.78, 5) is 0. The average molecular weight is 289 g/mol. The van der Waals surface area contributed by atoms with Crippen LogP contribution in [-0.4, -0.2) is 22.5 Å². The van der Waals surface area contributed by atoms with E-state index in [0.29, 0.717) is 0 Å². The quantitative estimate of drug-likeness (QED) is 0.534. The molecule has 0 aromatic heterocycles. The first-order valence-corrected chi connectivity index (χ1v) is 8.57. The molecule has 0 saturated carbocycles. The monoisotopic (exact) mass is 287 g/mol. The fraction of sp³-hybridized carbons (Fsp3) is 1.00. The molecule has 0 aromatic carbocycles. The van der Waals surface area contributed by atoms with Crippen LogP contribution in [0.3, 0.4) is 0 Å². The smallest absolute Gasteiger partial charge is 0.0473 e. The van der Waals surface area contributed by atoms with Gasteiger partial charge in [0, 0.05) is 7.26 Å². The molecule has 0 atom stereocenters. The first-order chi connectivity index (χ1) is 4.83. The van der Waals surface area contributed by atoms with Crippen LogP contribution in [0.1, 0.15) is 19.3 Å². The Morgan fingerprint density at radius 3 is 1.70 bits per heavy atom. The van der Waals surface area contributed by atoms with Crippen LogP contribution in [0.5, 0.6) is 0 Å². The predicted molar refractivity (Wildman–Crippen MR) is 58.1 cm³/mol. The van der Waals surface area contributed by atoms with Crippen LogP contribution in [-0.2, 0) is 0 Å². The second-order valence-electron chi connectivity index (χ2n) is 3.09. The second kappa shape index (κ2) is 4.42. The van der Waals surface area contributed by atoms with Crippen molar-refractivity contribution in [3.8, 4) is 0 Å². The Morgan fingerprint density at radius 2 is 1.40 bits per heavy atom. The third-order valence-electron chi connectivity index (χ3n) is 2.27. The fourth-order valence-electron chi connectivity index (χ4n) is 1.45. The van der Waals surface area contributed by atoms with E-state index in [4.69, 9.17) is 0 Å². The van der Waals surface area contributed by atoms with Gasteiger partial charge in [-0.25, -0.2) is 0 Å². The van der Waals surface area contributed by atoms with Crippen molar-refractivity contribution in [3.63, 3.8) is 0 Å². The van der Waals surface area contributed by atoms with E-state index in [0.717, 1.165) is 0 Å². The van der Waals surface area contributed by atoms with Crippen molar-refractivity contribution in [1.82, 2.24) is 0 Å². The fourth-order valence-corrected chi connectivity index (χ4v) is 9.51. The number of hydrogen-bond acceptors (Lipinski definition) is 0. The lowest BCUT2D eigenvalue weighted by molar-refractivity contribution is 0.747. The lowest BCUT2D eigenvalue weighted by atomic mass is 10.3. The molecule has 3 heteroatoms. The van der Waals surface area contributed by atoms with Gasteiger partial charge in [-0.05, 0) is 51.1 Å². The zero-order valence-corrected chi connectivity index (χ0v) is 10.2. The summed E-state index contributed by atoms with van der Waals surface area (Å²) in [5.74, 6) is 0. The molecular weight excluding hydrogens is 275 g/mol. The summed E-state index contributed by atoms with van der Waals surface area (Å²) in [5.41, 5.74) is 0. The second-order valence-corrected chi connectivity index (χ2v) is 10.2. The number of rotatable bonds is 2. The summed E-state index contributed by atoms with van der Waals surface area (Å²) < 4.78 is 0. The molecule has 0 spiro atoms. The zero-order valence-electron chi connectivity index (χ0n) is 6.15. The van der Waals surface area contributed by atoms with Crippen LogP contribution in [0, 0.1) is 0 Å². The molecule has 1 saturated heterocycles. The molecule has 60 valence electrons. The van der Waals surface area contributed by atoms with Gasteiger partial charge in [-0.1, -0.05) is 0 Å². The minimum atomic E-state index is -0.519. The Balaban J connectivity index is 2.44. The molecule has 1 aliphatic heterocycles. The Hall–Kier alpha value is 1.39. The van der Waals surface area contributed by atoms with Crippen LogP contribution in [0.25, 0.3) is 0 Å². The first kappa shape index (κ1) is 9.48. The van der Waals surface area contributed by atoms with E-state index in [9.17, 15) is 0 Å². The van der Waals surface area contributed by atoms with Gasteiger partial charge >= 0.3 is 0 Å². The minimum Gasteiger partial charge on any atom is -0.0473 e. The maximum atomic E-state index is 3.65. The van der Waals surface area contributed by atoms with E-state index in [1.165, 1.54) is 41.7 Å². The van der Waals surface area contributed by atoms with Gasteiger partial charge in [-0.2, -0.15) is 0 Å². The van der Waals surface area contributed by atoms with E-state index < -0.39 is 7.26 Å². The molecule has 10 heavy (non-hydrogen) atoms. The SMILES string of the molecule is BrC[P+]1(CBr)CCCCC1. The van der Waals surface area contributed by atoms with Crippen LogP contribution >= 0.6 is 39.1 Å². The topological polar surface area (TPSA) is 0 Å². The van der Waals surface area contributed by atoms with Gasteiger partial charge in [0.2, 0.25) is 0 Å². The number of halogens is 2. The largest absolute Gasteiger partial charge is 0.114 e.